The molecular formula is C16H24N4O. The van der Waals surface area contributed by atoms with E-state index in [4.69, 9.17) is 5.73 Å². The van der Waals surface area contributed by atoms with Crippen molar-refractivity contribution in [2.75, 3.05) is 13.1 Å². The maximum atomic E-state index is 12.8. The number of aryl methyl sites for hydroxylation is 1. The normalized spacial score (nSPS) is 28.2. The Morgan fingerprint density at radius 3 is 2.81 bits per heavy atom. The smallest absolute Gasteiger partial charge is 0.257 e. The first-order valence-corrected chi connectivity index (χ1v) is 7.85. The first-order chi connectivity index (χ1) is 9.97. The van der Waals surface area contributed by atoms with Gasteiger partial charge < -0.3 is 10.6 Å². The summed E-state index contributed by atoms with van der Waals surface area (Å²) in [6.45, 7) is 7.61. The minimum absolute atomic E-state index is 0.0697. The van der Waals surface area contributed by atoms with Gasteiger partial charge in [0, 0.05) is 25.3 Å². The molecule has 0 spiro atoms. The second-order valence-electron chi connectivity index (χ2n) is 6.75. The van der Waals surface area contributed by atoms with Crippen LogP contribution in [0.1, 0.15) is 54.5 Å². The van der Waals surface area contributed by atoms with E-state index in [1.54, 1.807) is 6.20 Å². The van der Waals surface area contributed by atoms with Gasteiger partial charge in [0.1, 0.15) is 5.82 Å². The number of carbonyl (C=O) groups excluding carboxylic acids is 1. The summed E-state index contributed by atoms with van der Waals surface area (Å²) in [6.07, 6.45) is 3.94. The Bertz CT molecular complexity index is 557. The number of hydrogen-bond donors (Lipinski definition) is 1. The molecule has 0 aromatic carbocycles. The fourth-order valence-electron chi connectivity index (χ4n) is 3.74. The van der Waals surface area contributed by atoms with Gasteiger partial charge in [-0.25, -0.2) is 9.97 Å². The standard InChI is InChI=1S/C16H24N4O/c1-9(2)15-12(6-18-10(3)19-15)16(21)20-7-11-4-5-14(17)13(11)8-20/h6,9,11,13-14H,4-5,7-8,17H2,1-3H3. The largest absolute Gasteiger partial charge is 0.338 e. The molecule has 114 valence electrons. The molecule has 1 aliphatic heterocycles. The zero-order valence-corrected chi connectivity index (χ0v) is 13.0. The van der Waals surface area contributed by atoms with Crippen molar-refractivity contribution >= 4 is 5.91 Å². The Morgan fingerprint density at radius 1 is 1.38 bits per heavy atom. The number of aromatic nitrogens is 2. The summed E-state index contributed by atoms with van der Waals surface area (Å²) < 4.78 is 0. The number of hydrogen-bond acceptors (Lipinski definition) is 4. The highest BCUT2D eigenvalue weighted by Crippen LogP contribution is 2.37. The van der Waals surface area contributed by atoms with E-state index in [1.807, 2.05) is 11.8 Å². The Morgan fingerprint density at radius 2 is 2.14 bits per heavy atom. The molecule has 5 heteroatoms. The Hall–Kier alpha value is -1.49. The number of fused-ring (bicyclic) bond motifs is 1. The minimum atomic E-state index is 0.0697. The van der Waals surface area contributed by atoms with Crippen LogP contribution in [-0.2, 0) is 0 Å². The van der Waals surface area contributed by atoms with Gasteiger partial charge in [0.05, 0.1) is 11.3 Å². The van der Waals surface area contributed by atoms with Crippen molar-refractivity contribution in [3.63, 3.8) is 0 Å². The van der Waals surface area contributed by atoms with Gasteiger partial charge in [-0.05, 0) is 37.5 Å². The van der Waals surface area contributed by atoms with Gasteiger partial charge in [-0.2, -0.15) is 0 Å². The molecule has 2 aliphatic rings. The summed E-state index contributed by atoms with van der Waals surface area (Å²) >= 11 is 0. The topological polar surface area (TPSA) is 72.1 Å². The number of nitrogens with zero attached hydrogens (tertiary/aromatic N) is 3. The molecule has 0 radical (unpaired) electrons. The molecule has 1 saturated carbocycles. The SMILES string of the molecule is Cc1ncc(C(=O)N2CC3CCC(N)C3C2)c(C(C)C)n1. The molecule has 21 heavy (non-hydrogen) atoms. The van der Waals surface area contributed by atoms with Crippen LogP contribution in [0.4, 0.5) is 0 Å². The molecule has 2 fully saturated rings. The fraction of sp³-hybridized carbons (Fsp3) is 0.688. The molecule has 1 amide bonds. The van der Waals surface area contributed by atoms with Gasteiger partial charge in [0.15, 0.2) is 0 Å². The molecule has 1 saturated heterocycles. The van der Waals surface area contributed by atoms with Crippen LogP contribution in [0.5, 0.6) is 0 Å². The van der Waals surface area contributed by atoms with Crippen LogP contribution in [0.2, 0.25) is 0 Å². The van der Waals surface area contributed by atoms with E-state index in [1.165, 1.54) is 0 Å². The van der Waals surface area contributed by atoms with Crippen molar-refractivity contribution in [2.24, 2.45) is 17.6 Å². The predicted octanol–water partition coefficient (Wildman–Crippen LogP) is 1.72. The van der Waals surface area contributed by atoms with E-state index >= 15 is 0 Å². The maximum Gasteiger partial charge on any atom is 0.257 e. The van der Waals surface area contributed by atoms with Crippen molar-refractivity contribution in [3.8, 4) is 0 Å². The molecule has 1 aliphatic carbocycles. The van der Waals surface area contributed by atoms with E-state index in [0.717, 1.165) is 37.4 Å². The second kappa shape index (κ2) is 5.37. The van der Waals surface area contributed by atoms with E-state index in [9.17, 15) is 4.79 Å². The van der Waals surface area contributed by atoms with Gasteiger partial charge in [0.25, 0.3) is 5.91 Å². The van der Waals surface area contributed by atoms with Crippen LogP contribution in [0, 0.1) is 18.8 Å². The van der Waals surface area contributed by atoms with Crippen molar-refractivity contribution in [2.45, 2.75) is 45.6 Å². The van der Waals surface area contributed by atoms with Crippen molar-refractivity contribution < 1.29 is 4.79 Å². The third-order valence-corrected chi connectivity index (χ3v) is 4.92. The monoisotopic (exact) mass is 288 g/mol. The highest BCUT2D eigenvalue weighted by molar-refractivity contribution is 5.95. The lowest BCUT2D eigenvalue weighted by Gasteiger charge is -2.20. The van der Waals surface area contributed by atoms with Crippen LogP contribution in [0.25, 0.3) is 0 Å². The van der Waals surface area contributed by atoms with E-state index in [-0.39, 0.29) is 17.9 Å². The molecule has 3 unspecified atom stereocenters. The number of carbonyl (C=O) groups is 1. The molecule has 0 bridgehead atoms. The molecular weight excluding hydrogens is 264 g/mol. The first kappa shape index (κ1) is 14.4. The maximum absolute atomic E-state index is 12.8. The average molecular weight is 288 g/mol. The summed E-state index contributed by atoms with van der Waals surface area (Å²) in [5.74, 6) is 2.06. The van der Waals surface area contributed by atoms with Crippen molar-refractivity contribution in [1.82, 2.24) is 14.9 Å². The summed E-state index contributed by atoms with van der Waals surface area (Å²) in [5, 5.41) is 0. The Labute approximate surface area is 125 Å². The lowest BCUT2D eigenvalue weighted by molar-refractivity contribution is 0.0777. The molecule has 5 nitrogen and oxygen atoms in total. The van der Waals surface area contributed by atoms with Crippen molar-refractivity contribution in [3.05, 3.63) is 23.3 Å². The summed E-state index contributed by atoms with van der Waals surface area (Å²) in [7, 11) is 0. The number of rotatable bonds is 2. The summed E-state index contributed by atoms with van der Waals surface area (Å²) in [4.78, 5) is 23.5. The predicted molar refractivity (Wildman–Crippen MR) is 81.0 cm³/mol. The average Bonchev–Trinajstić information content (AvgIpc) is 3.00. The Kier molecular flexibility index (Phi) is 3.69. The summed E-state index contributed by atoms with van der Waals surface area (Å²) in [6, 6.07) is 0.256. The zero-order valence-electron chi connectivity index (χ0n) is 13.0. The van der Waals surface area contributed by atoms with Crippen LogP contribution < -0.4 is 5.73 Å². The van der Waals surface area contributed by atoms with Gasteiger partial charge in [-0.3, -0.25) is 4.79 Å². The lowest BCUT2D eigenvalue weighted by Crippen LogP contribution is -2.34. The van der Waals surface area contributed by atoms with Crippen LogP contribution in [-0.4, -0.2) is 39.9 Å². The highest BCUT2D eigenvalue weighted by atomic mass is 16.2. The highest BCUT2D eigenvalue weighted by Gasteiger charge is 2.43. The molecule has 2 heterocycles. The van der Waals surface area contributed by atoms with Gasteiger partial charge >= 0.3 is 0 Å². The van der Waals surface area contributed by atoms with Crippen LogP contribution >= 0.6 is 0 Å². The number of amides is 1. The second-order valence-corrected chi connectivity index (χ2v) is 6.75. The van der Waals surface area contributed by atoms with Gasteiger partial charge in [-0.15, -0.1) is 0 Å². The third kappa shape index (κ3) is 2.55. The first-order valence-electron chi connectivity index (χ1n) is 7.85. The fourth-order valence-corrected chi connectivity index (χ4v) is 3.74. The summed E-state index contributed by atoms with van der Waals surface area (Å²) in [5.41, 5.74) is 7.67. The zero-order chi connectivity index (χ0) is 15.1. The minimum Gasteiger partial charge on any atom is -0.338 e. The quantitative estimate of drug-likeness (QED) is 0.899. The van der Waals surface area contributed by atoms with E-state index in [2.05, 4.69) is 23.8 Å². The third-order valence-electron chi connectivity index (χ3n) is 4.92. The lowest BCUT2D eigenvalue weighted by atomic mass is 9.98. The molecule has 2 N–H and O–H groups in total. The van der Waals surface area contributed by atoms with Gasteiger partial charge in [-0.1, -0.05) is 13.8 Å². The van der Waals surface area contributed by atoms with Gasteiger partial charge in [0.2, 0.25) is 0 Å². The van der Waals surface area contributed by atoms with Crippen molar-refractivity contribution in [1.29, 1.82) is 0 Å². The van der Waals surface area contributed by atoms with E-state index in [0.29, 0.717) is 17.4 Å². The van der Waals surface area contributed by atoms with E-state index < -0.39 is 0 Å². The number of likely N-dealkylation sites (tertiary alicyclic amines) is 1. The molecule has 1 aromatic rings. The Balaban J connectivity index is 1.83. The van der Waals surface area contributed by atoms with Crippen LogP contribution in [0.15, 0.2) is 6.20 Å². The molecule has 3 rings (SSSR count). The number of nitrogens with two attached hydrogens (primary N) is 1. The molecule has 1 aromatic heterocycles. The molecule has 3 atom stereocenters. The van der Waals surface area contributed by atoms with Crippen LogP contribution in [0.3, 0.4) is 0 Å².